The Balaban J connectivity index is 0.00000341. The summed E-state index contributed by atoms with van der Waals surface area (Å²) in [7, 11) is 1.78. The summed E-state index contributed by atoms with van der Waals surface area (Å²) < 4.78 is 24.3. The molecule has 0 radical (unpaired) electrons. The van der Waals surface area contributed by atoms with Crippen LogP contribution in [0.5, 0.6) is 5.75 Å². The van der Waals surface area contributed by atoms with Gasteiger partial charge in [0.05, 0.1) is 6.61 Å². The lowest BCUT2D eigenvalue weighted by Crippen LogP contribution is -2.48. The predicted molar refractivity (Wildman–Crippen MR) is 134 cm³/mol. The molecular formula is C24H33FIN3O2. The zero-order valence-electron chi connectivity index (χ0n) is 18.3. The van der Waals surface area contributed by atoms with Crippen molar-refractivity contribution in [2.24, 2.45) is 4.99 Å². The SMILES string of the molecule is CCOc1ccc(C2(CNC(=NC)NCCc3ccc(F)cc3)CCOCC2)cc1.I. The van der Waals surface area contributed by atoms with Gasteiger partial charge in [-0.3, -0.25) is 4.99 Å². The van der Waals surface area contributed by atoms with Crippen LogP contribution in [0.25, 0.3) is 0 Å². The molecule has 31 heavy (non-hydrogen) atoms. The molecule has 0 atom stereocenters. The molecule has 0 aromatic heterocycles. The van der Waals surface area contributed by atoms with Gasteiger partial charge in [0.1, 0.15) is 11.6 Å². The summed E-state index contributed by atoms with van der Waals surface area (Å²) in [6.07, 6.45) is 2.72. The van der Waals surface area contributed by atoms with Crippen molar-refractivity contribution >= 4 is 29.9 Å². The molecule has 1 aliphatic heterocycles. The van der Waals surface area contributed by atoms with Gasteiger partial charge in [-0.25, -0.2) is 4.39 Å². The summed E-state index contributed by atoms with van der Waals surface area (Å²) in [6, 6.07) is 15.1. The number of aliphatic imine (C=N–C) groups is 1. The third-order valence-corrected chi connectivity index (χ3v) is 5.66. The number of nitrogens with zero attached hydrogens (tertiary/aromatic N) is 1. The first-order valence-electron chi connectivity index (χ1n) is 10.7. The van der Waals surface area contributed by atoms with E-state index in [0.717, 1.165) is 62.8 Å². The molecule has 0 saturated carbocycles. The van der Waals surface area contributed by atoms with Crippen molar-refractivity contribution in [2.45, 2.75) is 31.6 Å². The molecule has 1 saturated heterocycles. The topological polar surface area (TPSA) is 54.9 Å². The van der Waals surface area contributed by atoms with E-state index in [1.54, 1.807) is 7.05 Å². The molecule has 3 rings (SSSR count). The van der Waals surface area contributed by atoms with Gasteiger partial charge in [0.2, 0.25) is 0 Å². The van der Waals surface area contributed by atoms with Crippen LogP contribution in [-0.4, -0.2) is 45.9 Å². The number of ether oxygens (including phenoxy) is 2. The second-order valence-electron chi connectivity index (χ2n) is 7.58. The summed E-state index contributed by atoms with van der Waals surface area (Å²) in [5.74, 6) is 1.46. The first-order chi connectivity index (χ1) is 14.6. The highest BCUT2D eigenvalue weighted by molar-refractivity contribution is 14.0. The lowest BCUT2D eigenvalue weighted by atomic mass is 9.74. The Bertz CT molecular complexity index is 807. The van der Waals surface area contributed by atoms with E-state index >= 15 is 0 Å². The molecule has 0 amide bonds. The molecular weight excluding hydrogens is 508 g/mol. The van der Waals surface area contributed by atoms with Crippen molar-refractivity contribution in [2.75, 3.05) is 40.0 Å². The molecule has 1 aliphatic rings. The molecule has 2 N–H and O–H groups in total. The van der Waals surface area contributed by atoms with Gasteiger partial charge in [0.25, 0.3) is 0 Å². The third kappa shape index (κ3) is 7.35. The molecule has 1 heterocycles. The van der Waals surface area contributed by atoms with E-state index in [4.69, 9.17) is 9.47 Å². The number of halogens is 2. The van der Waals surface area contributed by atoms with E-state index in [9.17, 15) is 4.39 Å². The fourth-order valence-electron chi connectivity index (χ4n) is 3.85. The van der Waals surface area contributed by atoms with E-state index in [-0.39, 0.29) is 35.2 Å². The van der Waals surface area contributed by atoms with Crippen LogP contribution in [0.15, 0.2) is 53.5 Å². The highest BCUT2D eigenvalue weighted by Gasteiger charge is 2.34. The molecule has 0 unspecified atom stereocenters. The molecule has 0 spiro atoms. The summed E-state index contributed by atoms with van der Waals surface area (Å²) in [5.41, 5.74) is 2.38. The number of hydrogen-bond donors (Lipinski definition) is 2. The zero-order chi connectivity index (χ0) is 21.2. The van der Waals surface area contributed by atoms with Crippen molar-refractivity contribution < 1.29 is 13.9 Å². The number of hydrogen-bond acceptors (Lipinski definition) is 3. The largest absolute Gasteiger partial charge is 0.494 e. The highest BCUT2D eigenvalue weighted by atomic mass is 127. The van der Waals surface area contributed by atoms with E-state index in [1.165, 1.54) is 17.7 Å². The lowest BCUT2D eigenvalue weighted by molar-refractivity contribution is 0.0513. The van der Waals surface area contributed by atoms with Crippen molar-refractivity contribution in [1.29, 1.82) is 0 Å². The molecule has 5 nitrogen and oxygen atoms in total. The van der Waals surface area contributed by atoms with Crippen molar-refractivity contribution in [3.8, 4) is 5.75 Å². The average molecular weight is 541 g/mol. The zero-order valence-corrected chi connectivity index (χ0v) is 20.7. The molecule has 170 valence electrons. The summed E-state index contributed by atoms with van der Waals surface area (Å²) in [4.78, 5) is 4.36. The van der Waals surface area contributed by atoms with Crippen LogP contribution < -0.4 is 15.4 Å². The molecule has 0 aliphatic carbocycles. The molecule has 2 aromatic carbocycles. The Kier molecular flexibility index (Phi) is 10.5. The van der Waals surface area contributed by atoms with Gasteiger partial charge < -0.3 is 20.1 Å². The van der Waals surface area contributed by atoms with Crippen LogP contribution in [0.4, 0.5) is 4.39 Å². The van der Waals surface area contributed by atoms with Crippen LogP contribution in [-0.2, 0) is 16.6 Å². The van der Waals surface area contributed by atoms with Gasteiger partial charge in [0.15, 0.2) is 5.96 Å². The Hall–Kier alpha value is -1.87. The first-order valence-corrected chi connectivity index (χ1v) is 10.7. The fourth-order valence-corrected chi connectivity index (χ4v) is 3.85. The molecule has 2 aromatic rings. The van der Waals surface area contributed by atoms with Gasteiger partial charge in [-0.1, -0.05) is 24.3 Å². The molecule has 7 heteroatoms. The maximum absolute atomic E-state index is 13.0. The predicted octanol–water partition coefficient (Wildman–Crippen LogP) is 4.30. The Morgan fingerprint density at radius 2 is 1.74 bits per heavy atom. The van der Waals surface area contributed by atoms with E-state index in [2.05, 4.69) is 27.8 Å². The second-order valence-corrected chi connectivity index (χ2v) is 7.58. The molecule has 0 bridgehead atoms. The van der Waals surface area contributed by atoms with Crippen LogP contribution in [0, 0.1) is 5.82 Å². The minimum absolute atomic E-state index is 0. The third-order valence-electron chi connectivity index (χ3n) is 5.66. The van der Waals surface area contributed by atoms with Gasteiger partial charge in [0, 0.05) is 38.8 Å². The quantitative estimate of drug-likeness (QED) is 0.298. The Morgan fingerprint density at radius 1 is 1.06 bits per heavy atom. The fraction of sp³-hybridized carbons (Fsp3) is 0.458. The highest BCUT2D eigenvalue weighted by Crippen LogP contribution is 2.35. The van der Waals surface area contributed by atoms with E-state index in [1.807, 2.05) is 31.2 Å². The number of benzene rings is 2. The van der Waals surface area contributed by atoms with Crippen molar-refractivity contribution in [3.63, 3.8) is 0 Å². The van der Waals surface area contributed by atoms with Gasteiger partial charge in [-0.2, -0.15) is 0 Å². The van der Waals surface area contributed by atoms with Crippen LogP contribution >= 0.6 is 24.0 Å². The Labute approximate surface area is 201 Å². The van der Waals surface area contributed by atoms with Crippen molar-refractivity contribution in [1.82, 2.24) is 10.6 Å². The van der Waals surface area contributed by atoms with Crippen LogP contribution in [0.3, 0.4) is 0 Å². The van der Waals surface area contributed by atoms with E-state index in [0.29, 0.717) is 6.61 Å². The second kappa shape index (κ2) is 12.9. The van der Waals surface area contributed by atoms with Crippen LogP contribution in [0.2, 0.25) is 0 Å². The smallest absolute Gasteiger partial charge is 0.191 e. The number of rotatable bonds is 8. The minimum atomic E-state index is -0.208. The molecule has 1 fully saturated rings. The summed E-state index contributed by atoms with van der Waals surface area (Å²) in [6.45, 7) is 5.67. The van der Waals surface area contributed by atoms with Gasteiger partial charge in [-0.05, 0) is 61.6 Å². The van der Waals surface area contributed by atoms with Gasteiger partial charge >= 0.3 is 0 Å². The van der Waals surface area contributed by atoms with Crippen LogP contribution in [0.1, 0.15) is 30.9 Å². The average Bonchev–Trinajstić information content (AvgIpc) is 2.79. The van der Waals surface area contributed by atoms with E-state index < -0.39 is 0 Å². The maximum Gasteiger partial charge on any atom is 0.191 e. The van der Waals surface area contributed by atoms with Gasteiger partial charge in [-0.15, -0.1) is 24.0 Å². The minimum Gasteiger partial charge on any atom is -0.494 e. The monoisotopic (exact) mass is 541 g/mol. The number of guanidine groups is 1. The Morgan fingerprint density at radius 3 is 2.35 bits per heavy atom. The summed E-state index contributed by atoms with van der Waals surface area (Å²) in [5, 5.41) is 6.87. The lowest BCUT2D eigenvalue weighted by Gasteiger charge is -2.38. The van der Waals surface area contributed by atoms with Crippen molar-refractivity contribution in [3.05, 3.63) is 65.5 Å². The standard InChI is InChI=1S/C24H32FN3O2.HI/c1-3-30-22-10-6-20(7-11-22)24(13-16-29-17-14-24)18-28-23(26-2)27-15-12-19-4-8-21(25)9-5-19;/h4-11H,3,12-18H2,1-2H3,(H2,26,27,28);1H. The summed E-state index contributed by atoms with van der Waals surface area (Å²) >= 11 is 0. The maximum atomic E-state index is 13.0. The number of nitrogens with one attached hydrogen (secondary N) is 2. The first kappa shape index (κ1) is 25.4. The normalized spacial score (nSPS) is 15.6.